The second-order valence-corrected chi connectivity index (χ2v) is 6.26. The number of rotatable bonds is 7. The minimum atomic E-state index is -0.923. The van der Waals surface area contributed by atoms with Crippen LogP contribution in [0.5, 0.6) is 0 Å². The Morgan fingerprint density at radius 1 is 1.48 bits per heavy atom. The van der Waals surface area contributed by atoms with Gasteiger partial charge >= 0.3 is 11.9 Å². The van der Waals surface area contributed by atoms with Gasteiger partial charge in [-0.3, -0.25) is 9.59 Å². The minimum absolute atomic E-state index is 0.0862. The minimum Gasteiger partial charge on any atom is -0.481 e. The van der Waals surface area contributed by atoms with E-state index in [1.54, 1.807) is 0 Å². The molecular formula is C14H23N3O4. The Bertz CT molecular complexity index is 444. The predicted molar refractivity (Wildman–Crippen MR) is 76.3 cm³/mol. The van der Waals surface area contributed by atoms with E-state index >= 15 is 0 Å². The molecule has 1 rings (SSSR count). The van der Waals surface area contributed by atoms with E-state index in [9.17, 15) is 14.7 Å². The molecule has 1 aliphatic heterocycles. The van der Waals surface area contributed by atoms with Gasteiger partial charge in [0.25, 0.3) is 0 Å². The van der Waals surface area contributed by atoms with E-state index in [4.69, 9.17) is 10.3 Å². The molecule has 1 saturated heterocycles. The molecule has 0 bridgehead atoms. The zero-order valence-corrected chi connectivity index (χ0v) is 12.9. The Hall–Kier alpha value is -1.75. The maximum absolute atomic E-state index is 11.8. The molecule has 1 heterocycles. The molecule has 0 aromatic rings. The van der Waals surface area contributed by atoms with Crippen molar-refractivity contribution in [1.29, 1.82) is 0 Å². The van der Waals surface area contributed by atoms with Crippen molar-refractivity contribution in [3.63, 3.8) is 0 Å². The van der Waals surface area contributed by atoms with Gasteiger partial charge in [0.15, 0.2) is 0 Å². The fourth-order valence-corrected chi connectivity index (χ4v) is 2.67. The smallest absolute Gasteiger partial charge is 0.309 e. The zero-order chi connectivity index (χ0) is 16.2. The third kappa shape index (κ3) is 4.36. The molecular weight excluding hydrogens is 274 g/mol. The molecule has 1 N–H and O–H groups in total. The van der Waals surface area contributed by atoms with E-state index < -0.39 is 24.0 Å². The molecule has 1 unspecified atom stereocenters. The van der Waals surface area contributed by atoms with Crippen molar-refractivity contribution in [2.24, 2.45) is 28.8 Å². The number of aliphatic carboxylic acids is 1. The lowest BCUT2D eigenvalue weighted by atomic mass is 9.85. The van der Waals surface area contributed by atoms with Crippen LogP contribution in [0.1, 0.15) is 40.5 Å². The molecule has 4 atom stereocenters. The van der Waals surface area contributed by atoms with Crippen molar-refractivity contribution >= 4 is 11.9 Å². The zero-order valence-electron chi connectivity index (χ0n) is 12.9. The number of carboxylic acids is 1. The third-order valence-electron chi connectivity index (χ3n) is 4.11. The second kappa shape index (κ2) is 7.31. The molecule has 0 radical (unpaired) electrons. The van der Waals surface area contributed by atoms with Crippen molar-refractivity contribution in [2.75, 3.05) is 0 Å². The number of hydrogen-bond acceptors (Lipinski definition) is 4. The van der Waals surface area contributed by atoms with Gasteiger partial charge in [-0.15, -0.1) is 0 Å². The Morgan fingerprint density at radius 2 is 2.10 bits per heavy atom. The van der Waals surface area contributed by atoms with Crippen molar-refractivity contribution < 1.29 is 19.4 Å². The number of carboxylic acid groups (broad SMARTS) is 1. The summed E-state index contributed by atoms with van der Waals surface area (Å²) in [5.41, 5.74) is 8.70. The number of nitrogens with zero attached hydrogens (tertiary/aromatic N) is 3. The van der Waals surface area contributed by atoms with Crippen molar-refractivity contribution in [3.05, 3.63) is 10.4 Å². The van der Waals surface area contributed by atoms with Gasteiger partial charge in [-0.2, -0.15) is 0 Å². The highest BCUT2D eigenvalue weighted by molar-refractivity contribution is 5.75. The molecule has 0 aromatic heterocycles. The Labute approximate surface area is 124 Å². The molecule has 0 aromatic carbocycles. The first-order valence-corrected chi connectivity index (χ1v) is 7.25. The number of esters is 1. The summed E-state index contributed by atoms with van der Waals surface area (Å²) in [4.78, 5) is 25.9. The van der Waals surface area contributed by atoms with Crippen LogP contribution in [0.25, 0.3) is 10.4 Å². The molecule has 7 heteroatoms. The average Bonchev–Trinajstić information content (AvgIpc) is 2.75. The molecule has 1 fully saturated rings. The Balaban J connectivity index is 2.86. The SMILES string of the molecule is CC(C)[C@H](C[C@H](N=[N+]=[N-])C1C[C@@H](C(C)C)C(=O)O1)C(=O)O. The van der Waals surface area contributed by atoms with E-state index in [1.807, 2.05) is 27.7 Å². The maximum atomic E-state index is 11.8. The van der Waals surface area contributed by atoms with Crippen LogP contribution in [0.4, 0.5) is 0 Å². The van der Waals surface area contributed by atoms with Crippen LogP contribution in [-0.4, -0.2) is 29.2 Å². The number of carbonyl (C=O) groups excluding carboxylic acids is 1. The number of ether oxygens (including phenoxy) is 1. The van der Waals surface area contributed by atoms with Gasteiger partial charge in [0, 0.05) is 4.91 Å². The quantitative estimate of drug-likeness (QED) is 0.337. The number of hydrogen-bond donors (Lipinski definition) is 1. The van der Waals surface area contributed by atoms with Gasteiger partial charge in [0.05, 0.1) is 17.9 Å². The summed E-state index contributed by atoms with van der Waals surface area (Å²) in [6.45, 7) is 7.49. The standard InChI is InChI=1S/C14H23N3O4/c1-7(2)9(13(18)19)5-11(16-17-15)12-6-10(8(3)4)14(20)21-12/h7-12H,5-6H2,1-4H3,(H,18,19)/t9-,10-,11-,12?/m0/s1. The lowest BCUT2D eigenvalue weighted by molar-refractivity contribution is -0.146. The summed E-state index contributed by atoms with van der Waals surface area (Å²) in [7, 11) is 0. The Morgan fingerprint density at radius 3 is 2.48 bits per heavy atom. The van der Waals surface area contributed by atoms with Crippen LogP contribution >= 0.6 is 0 Å². The number of azide groups is 1. The summed E-state index contributed by atoms with van der Waals surface area (Å²) in [6, 6.07) is -0.633. The van der Waals surface area contributed by atoms with Crippen LogP contribution in [0, 0.1) is 23.7 Å². The van der Waals surface area contributed by atoms with Gasteiger partial charge in [-0.05, 0) is 30.2 Å². The van der Waals surface area contributed by atoms with Crippen molar-refractivity contribution in [1.82, 2.24) is 0 Å². The lowest BCUT2D eigenvalue weighted by Gasteiger charge is -2.23. The second-order valence-electron chi connectivity index (χ2n) is 6.26. The molecule has 118 valence electrons. The summed E-state index contributed by atoms with van der Waals surface area (Å²) < 4.78 is 5.31. The summed E-state index contributed by atoms with van der Waals surface area (Å²) in [6.07, 6.45) is 0.131. The maximum Gasteiger partial charge on any atom is 0.309 e. The molecule has 21 heavy (non-hydrogen) atoms. The molecule has 0 amide bonds. The highest BCUT2D eigenvalue weighted by Crippen LogP contribution is 2.33. The van der Waals surface area contributed by atoms with Gasteiger partial charge < -0.3 is 9.84 Å². The average molecular weight is 297 g/mol. The van der Waals surface area contributed by atoms with Gasteiger partial charge in [0.2, 0.25) is 0 Å². The van der Waals surface area contributed by atoms with Crippen molar-refractivity contribution in [3.8, 4) is 0 Å². The highest BCUT2D eigenvalue weighted by atomic mass is 16.6. The van der Waals surface area contributed by atoms with E-state index in [0.29, 0.717) is 6.42 Å². The third-order valence-corrected chi connectivity index (χ3v) is 4.11. The van der Waals surface area contributed by atoms with E-state index in [-0.39, 0.29) is 30.1 Å². The summed E-state index contributed by atoms with van der Waals surface area (Å²) in [5.74, 6) is -1.99. The fraction of sp³-hybridized carbons (Fsp3) is 0.857. The monoisotopic (exact) mass is 297 g/mol. The first kappa shape index (κ1) is 17.3. The molecule has 0 aliphatic carbocycles. The van der Waals surface area contributed by atoms with Crippen LogP contribution in [0.3, 0.4) is 0 Å². The lowest BCUT2D eigenvalue weighted by Crippen LogP contribution is -2.31. The van der Waals surface area contributed by atoms with Crippen LogP contribution in [-0.2, 0) is 14.3 Å². The van der Waals surface area contributed by atoms with Crippen LogP contribution in [0.15, 0.2) is 5.11 Å². The van der Waals surface area contributed by atoms with Gasteiger partial charge in [-0.25, -0.2) is 0 Å². The molecule has 0 spiro atoms. The van der Waals surface area contributed by atoms with Crippen LogP contribution in [0.2, 0.25) is 0 Å². The topological polar surface area (TPSA) is 112 Å². The van der Waals surface area contributed by atoms with Crippen LogP contribution < -0.4 is 0 Å². The largest absolute Gasteiger partial charge is 0.481 e. The number of cyclic esters (lactones) is 1. The first-order valence-electron chi connectivity index (χ1n) is 7.25. The summed E-state index contributed by atoms with van der Waals surface area (Å²) in [5, 5.41) is 12.9. The summed E-state index contributed by atoms with van der Waals surface area (Å²) >= 11 is 0. The Kier molecular flexibility index (Phi) is 6.03. The fourth-order valence-electron chi connectivity index (χ4n) is 2.67. The first-order chi connectivity index (χ1) is 9.77. The number of carbonyl (C=O) groups is 2. The van der Waals surface area contributed by atoms with Crippen molar-refractivity contribution in [2.45, 2.75) is 52.7 Å². The van der Waals surface area contributed by atoms with E-state index in [2.05, 4.69) is 10.0 Å². The van der Waals surface area contributed by atoms with E-state index in [1.165, 1.54) is 0 Å². The van der Waals surface area contributed by atoms with E-state index in [0.717, 1.165) is 0 Å². The predicted octanol–water partition coefficient (Wildman–Crippen LogP) is 3.00. The van der Waals surface area contributed by atoms with Gasteiger partial charge in [-0.1, -0.05) is 32.8 Å². The highest BCUT2D eigenvalue weighted by Gasteiger charge is 2.41. The molecule has 1 aliphatic rings. The normalized spacial score (nSPS) is 24.6. The molecule has 7 nitrogen and oxygen atoms in total. The van der Waals surface area contributed by atoms with Gasteiger partial charge in [0.1, 0.15) is 6.10 Å². The molecule has 0 saturated carbocycles.